The molecule has 1 saturated heterocycles. The lowest BCUT2D eigenvalue weighted by Gasteiger charge is -2.32. The number of halogens is 1. The van der Waals surface area contributed by atoms with Gasteiger partial charge in [-0.15, -0.1) is 0 Å². The summed E-state index contributed by atoms with van der Waals surface area (Å²) in [5.41, 5.74) is 5.22. The Bertz CT molecular complexity index is 402. The molecular weight excluding hydrogens is 282 g/mol. The standard InChI is InChI=1S/C12H16BrN3O/c13-10-2-1-5-15-12(10)16-6-3-9(4-7-16)8-11(14)17/h1-2,5,9H,3-4,6-8H2,(H2,14,17). The van der Waals surface area contributed by atoms with Crippen molar-refractivity contribution in [3.05, 3.63) is 22.8 Å². The van der Waals surface area contributed by atoms with Crippen molar-refractivity contribution in [1.29, 1.82) is 0 Å². The number of nitrogens with two attached hydrogens (primary N) is 1. The Balaban J connectivity index is 1.95. The molecule has 0 radical (unpaired) electrons. The number of nitrogens with zero attached hydrogens (tertiary/aromatic N) is 2. The first-order chi connectivity index (χ1) is 8.16. The van der Waals surface area contributed by atoms with Gasteiger partial charge in [0, 0.05) is 25.7 Å². The first-order valence-electron chi connectivity index (χ1n) is 5.80. The second kappa shape index (κ2) is 5.49. The second-order valence-corrected chi connectivity index (χ2v) is 5.26. The number of piperidine rings is 1. The van der Waals surface area contributed by atoms with Gasteiger partial charge in [-0.2, -0.15) is 0 Å². The Labute approximate surface area is 109 Å². The zero-order valence-corrected chi connectivity index (χ0v) is 11.2. The normalized spacial score (nSPS) is 17.1. The number of primary amides is 1. The molecule has 92 valence electrons. The van der Waals surface area contributed by atoms with Crippen molar-refractivity contribution in [3.8, 4) is 0 Å². The maximum absolute atomic E-state index is 10.9. The lowest BCUT2D eigenvalue weighted by molar-refractivity contribution is -0.119. The molecule has 0 spiro atoms. The van der Waals surface area contributed by atoms with Crippen LogP contribution in [0, 0.1) is 5.92 Å². The molecule has 2 rings (SSSR count). The van der Waals surface area contributed by atoms with Gasteiger partial charge >= 0.3 is 0 Å². The smallest absolute Gasteiger partial charge is 0.217 e. The highest BCUT2D eigenvalue weighted by Gasteiger charge is 2.22. The summed E-state index contributed by atoms with van der Waals surface area (Å²) in [6, 6.07) is 3.91. The molecule has 0 saturated carbocycles. The molecule has 5 heteroatoms. The Kier molecular flexibility index (Phi) is 3.99. The van der Waals surface area contributed by atoms with E-state index in [1.807, 2.05) is 12.1 Å². The number of amides is 1. The van der Waals surface area contributed by atoms with E-state index in [0.717, 1.165) is 36.2 Å². The van der Waals surface area contributed by atoms with Crippen LogP contribution in [0.1, 0.15) is 19.3 Å². The Morgan fingerprint density at radius 3 is 2.82 bits per heavy atom. The van der Waals surface area contributed by atoms with Gasteiger partial charge in [-0.1, -0.05) is 0 Å². The van der Waals surface area contributed by atoms with E-state index in [1.165, 1.54) is 0 Å². The first kappa shape index (κ1) is 12.4. The summed E-state index contributed by atoms with van der Waals surface area (Å²) in [5.74, 6) is 1.23. The molecule has 0 aromatic carbocycles. The van der Waals surface area contributed by atoms with E-state index >= 15 is 0 Å². The second-order valence-electron chi connectivity index (χ2n) is 4.41. The maximum atomic E-state index is 10.9. The quantitative estimate of drug-likeness (QED) is 0.927. The van der Waals surface area contributed by atoms with Gasteiger partial charge in [0.25, 0.3) is 0 Å². The van der Waals surface area contributed by atoms with Crippen molar-refractivity contribution in [2.45, 2.75) is 19.3 Å². The van der Waals surface area contributed by atoms with Crippen molar-refractivity contribution in [3.63, 3.8) is 0 Å². The number of pyridine rings is 1. The van der Waals surface area contributed by atoms with E-state index < -0.39 is 0 Å². The maximum Gasteiger partial charge on any atom is 0.217 e. The highest BCUT2D eigenvalue weighted by Crippen LogP contribution is 2.28. The summed E-state index contributed by atoms with van der Waals surface area (Å²) in [7, 11) is 0. The topological polar surface area (TPSA) is 59.2 Å². The third-order valence-corrected chi connectivity index (χ3v) is 3.76. The number of carbonyl (C=O) groups is 1. The predicted octanol–water partition coefficient (Wildman–Crippen LogP) is 1.94. The molecule has 0 atom stereocenters. The molecule has 4 nitrogen and oxygen atoms in total. The van der Waals surface area contributed by atoms with Crippen LogP contribution in [-0.4, -0.2) is 24.0 Å². The summed E-state index contributed by atoms with van der Waals surface area (Å²) in [6.45, 7) is 1.88. The van der Waals surface area contributed by atoms with Crippen molar-refractivity contribution in [2.75, 3.05) is 18.0 Å². The minimum Gasteiger partial charge on any atom is -0.370 e. The number of rotatable bonds is 3. The van der Waals surface area contributed by atoms with Crippen molar-refractivity contribution in [1.82, 2.24) is 4.98 Å². The van der Waals surface area contributed by atoms with Crippen LogP contribution >= 0.6 is 15.9 Å². The molecule has 1 aromatic heterocycles. The molecule has 1 fully saturated rings. The van der Waals surface area contributed by atoms with Gasteiger partial charge in [0.1, 0.15) is 5.82 Å². The fraction of sp³-hybridized carbons (Fsp3) is 0.500. The Morgan fingerprint density at radius 2 is 2.24 bits per heavy atom. The van der Waals surface area contributed by atoms with Gasteiger partial charge in [-0.3, -0.25) is 4.79 Å². The van der Waals surface area contributed by atoms with E-state index in [2.05, 4.69) is 25.8 Å². The molecule has 1 aliphatic rings. The van der Waals surface area contributed by atoms with Crippen LogP contribution in [0.25, 0.3) is 0 Å². The van der Waals surface area contributed by atoms with Gasteiger partial charge in [-0.25, -0.2) is 4.98 Å². The highest BCUT2D eigenvalue weighted by molar-refractivity contribution is 9.10. The average molecular weight is 298 g/mol. The van der Waals surface area contributed by atoms with Gasteiger partial charge in [0.2, 0.25) is 5.91 Å². The van der Waals surface area contributed by atoms with Crippen LogP contribution in [0.3, 0.4) is 0 Å². The van der Waals surface area contributed by atoms with Crippen molar-refractivity contribution in [2.24, 2.45) is 11.7 Å². The average Bonchev–Trinajstić information content (AvgIpc) is 2.30. The lowest BCUT2D eigenvalue weighted by Crippen LogP contribution is -2.35. The number of anilines is 1. The van der Waals surface area contributed by atoms with E-state index in [0.29, 0.717) is 12.3 Å². The summed E-state index contributed by atoms with van der Waals surface area (Å²) in [5, 5.41) is 0. The van der Waals surface area contributed by atoms with E-state index in [1.54, 1.807) is 6.20 Å². The van der Waals surface area contributed by atoms with E-state index in [-0.39, 0.29) is 5.91 Å². The fourth-order valence-corrected chi connectivity index (χ4v) is 2.75. The monoisotopic (exact) mass is 297 g/mol. The summed E-state index contributed by atoms with van der Waals surface area (Å²) in [4.78, 5) is 17.5. The van der Waals surface area contributed by atoms with Gasteiger partial charge < -0.3 is 10.6 Å². The number of carbonyl (C=O) groups excluding carboxylic acids is 1. The fourth-order valence-electron chi connectivity index (χ4n) is 2.24. The molecule has 17 heavy (non-hydrogen) atoms. The van der Waals surface area contributed by atoms with E-state index in [9.17, 15) is 4.79 Å². The molecule has 0 unspecified atom stereocenters. The number of aromatic nitrogens is 1. The predicted molar refractivity (Wildman–Crippen MR) is 70.7 cm³/mol. The van der Waals surface area contributed by atoms with Crippen LogP contribution in [-0.2, 0) is 4.79 Å². The number of hydrogen-bond acceptors (Lipinski definition) is 3. The molecule has 0 bridgehead atoms. The third-order valence-electron chi connectivity index (χ3n) is 3.14. The Morgan fingerprint density at radius 1 is 1.53 bits per heavy atom. The van der Waals surface area contributed by atoms with Gasteiger partial charge in [0.15, 0.2) is 0 Å². The number of hydrogen-bond donors (Lipinski definition) is 1. The molecule has 2 N–H and O–H groups in total. The third kappa shape index (κ3) is 3.19. The summed E-state index contributed by atoms with van der Waals surface area (Å²) >= 11 is 3.51. The van der Waals surface area contributed by atoms with Crippen molar-refractivity contribution < 1.29 is 4.79 Å². The van der Waals surface area contributed by atoms with Crippen molar-refractivity contribution >= 4 is 27.7 Å². The minimum atomic E-state index is -0.192. The first-order valence-corrected chi connectivity index (χ1v) is 6.60. The zero-order valence-electron chi connectivity index (χ0n) is 9.60. The van der Waals surface area contributed by atoms with Gasteiger partial charge in [-0.05, 0) is 46.8 Å². The Hall–Kier alpha value is -1.10. The minimum absolute atomic E-state index is 0.192. The molecule has 0 aliphatic carbocycles. The summed E-state index contributed by atoms with van der Waals surface area (Å²) < 4.78 is 1.02. The van der Waals surface area contributed by atoms with Crippen LogP contribution in [0.4, 0.5) is 5.82 Å². The SMILES string of the molecule is NC(=O)CC1CCN(c2ncccc2Br)CC1. The molecule has 1 amide bonds. The van der Waals surface area contributed by atoms with Crippen LogP contribution < -0.4 is 10.6 Å². The highest BCUT2D eigenvalue weighted by atomic mass is 79.9. The largest absolute Gasteiger partial charge is 0.370 e. The zero-order chi connectivity index (χ0) is 12.3. The van der Waals surface area contributed by atoms with E-state index in [4.69, 9.17) is 5.73 Å². The molecule has 2 heterocycles. The molecule has 1 aliphatic heterocycles. The summed E-state index contributed by atoms with van der Waals surface area (Å²) in [6.07, 6.45) is 4.32. The molecular formula is C12H16BrN3O. The van der Waals surface area contributed by atoms with Crippen LogP contribution in [0.15, 0.2) is 22.8 Å². The molecule has 1 aromatic rings. The lowest BCUT2D eigenvalue weighted by atomic mass is 9.93. The van der Waals surface area contributed by atoms with Gasteiger partial charge in [0.05, 0.1) is 4.47 Å². The van der Waals surface area contributed by atoms with Crippen LogP contribution in [0.2, 0.25) is 0 Å². The van der Waals surface area contributed by atoms with Crippen LogP contribution in [0.5, 0.6) is 0 Å².